The van der Waals surface area contributed by atoms with E-state index in [2.05, 4.69) is 15.6 Å². The number of hydrogen-bond acceptors (Lipinski definition) is 4. The summed E-state index contributed by atoms with van der Waals surface area (Å²) in [4.78, 5) is 17.4. The molecule has 2 aromatic rings. The SMILES string of the molecule is COc1ncccc1CNC(=O)Nc1ccccc1SCC1CC1(Cl)Cl. The number of hydrogen-bond donors (Lipinski definition) is 2. The van der Waals surface area contributed by atoms with E-state index in [0.29, 0.717) is 12.4 Å². The lowest BCUT2D eigenvalue weighted by molar-refractivity contribution is 0.251. The fraction of sp³-hybridized carbons (Fsp3) is 0.333. The molecule has 1 atom stereocenters. The molecule has 1 heterocycles. The third-order valence-corrected chi connectivity index (χ3v) is 6.18. The summed E-state index contributed by atoms with van der Waals surface area (Å²) in [5, 5.41) is 5.70. The largest absolute Gasteiger partial charge is 0.481 e. The van der Waals surface area contributed by atoms with E-state index in [9.17, 15) is 4.79 Å². The highest BCUT2D eigenvalue weighted by Crippen LogP contribution is 2.55. The lowest BCUT2D eigenvalue weighted by Crippen LogP contribution is -2.28. The normalized spacial score (nSPS) is 17.4. The zero-order chi connectivity index (χ0) is 18.6. The number of anilines is 1. The quantitative estimate of drug-likeness (QED) is 0.511. The number of methoxy groups -OCH3 is 1. The van der Waals surface area contributed by atoms with Gasteiger partial charge < -0.3 is 15.4 Å². The number of amides is 2. The molecule has 1 aromatic carbocycles. The predicted octanol–water partition coefficient (Wildman–Crippen LogP) is 4.70. The summed E-state index contributed by atoms with van der Waals surface area (Å²) in [6.45, 7) is 0.321. The van der Waals surface area contributed by atoms with Crippen LogP contribution in [0.25, 0.3) is 0 Å². The molecule has 3 rings (SSSR count). The van der Waals surface area contributed by atoms with Crippen LogP contribution >= 0.6 is 35.0 Å². The number of benzene rings is 1. The molecule has 8 heteroatoms. The molecule has 5 nitrogen and oxygen atoms in total. The maximum atomic E-state index is 12.3. The summed E-state index contributed by atoms with van der Waals surface area (Å²) in [5.74, 6) is 1.61. The molecule has 0 spiro atoms. The smallest absolute Gasteiger partial charge is 0.319 e. The van der Waals surface area contributed by atoms with Crippen LogP contribution in [0.4, 0.5) is 10.5 Å². The number of halogens is 2. The zero-order valence-electron chi connectivity index (χ0n) is 14.2. The van der Waals surface area contributed by atoms with Crippen LogP contribution in [0, 0.1) is 5.92 Å². The minimum Gasteiger partial charge on any atom is -0.481 e. The van der Waals surface area contributed by atoms with Crippen LogP contribution in [0.5, 0.6) is 5.88 Å². The Morgan fingerprint density at radius 3 is 2.85 bits per heavy atom. The van der Waals surface area contributed by atoms with E-state index >= 15 is 0 Å². The lowest BCUT2D eigenvalue weighted by atomic mass is 10.2. The van der Waals surface area contributed by atoms with Crippen molar-refractivity contribution in [3.63, 3.8) is 0 Å². The first kappa shape index (κ1) is 19.1. The van der Waals surface area contributed by atoms with Gasteiger partial charge in [-0.3, -0.25) is 0 Å². The van der Waals surface area contributed by atoms with Gasteiger partial charge in [0.1, 0.15) is 4.33 Å². The molecule has 2 amide bonds. The number of rotatable bonds is 7. The van der Waals surface area contributed by atoms with E-state index in [-0.39, 0.29) is 11.9 Å². The topological polar surface area (TPSA) is 63.2 Å². The number of alkyl halides is 2. The number of carbonyl (C=O) groups is 1. The molecule has 26 heavy (non-hydrogen) atoms. The summed E-state index contributed by atoms with van der Waals surface area (Å²) in [6, 6.07) is 11.0. The second-order valence-electron chi connectivity index (χ2n) is 5.95. The standard InChI is InChI=1S/C18H19Cl2N3O2S/c1-25-16-12(5-4-8-21-16)10-22-17(24)23-14-6-2-3-7-15(14)26-11-13-9-18(13,19)20/h2-8,13H,9-11H2,1H3,(H2,22,23,24). The van der Waals surface area contributed by atoms with Gasteiger partial charge in [-0.05, 0) is 24.6 Å². The number of nitrogens with zero attached hydrogens (tertiary/aromatic N) is 1. The highest BCUT2D eigenvalue weighted by molar-refractivity contribution is 7.99. The second kappa shape index (κ2) is 8.37. The fourth-order valence-corrected chi connectivity index (χ4v) is 4.36. The van der Waals surface area contributed by atoms with Gasteiger partial charge in [0.15, 0.2) is 0 Å². The van der Waals surface area contributed by atoms with Crippen molar-refractivity contribution in [3.8, 4) is 5.88 Å². The van der Waals surface area contributed by atoms with Crippen molar-refractivity contribution >= 4 is 46.7 Å². The number of urea groups is 1. The monoisotopic (exact) mass is 411 g/mol. The molecule has 1 aliphatic carbocycles. The molecule has 0 radical (unpaired) electrons. The first-order chi connectivity index (χ1) is 12.5. The number of ether oxygens (including phenoxy) is 1. The van der Waals surface area contributed by atoms with Crippen molar-refractivity contribution in [3.05, 3.63) is 48.2 Å². The first-order valence-corrected chi connectivity index (χ1v) is 9.86. The van der Waals surface area contributed by atoms with Crippen LogP contribution in [0.15, 0.2) is 47.5 Å². The van der Waals surface area contributed by atoms with Gasteiger partial charge in [-0.2, -0.15) is 0 Å². The summed E-state index contributed by atoms with van der Waals surface area (Å²) in [5.41, 5.74) is 1.56. The zero-order valence-corrected chi connectivity index (χ0v) is 16.5. The van der Waals surface area contributed by atoms with Crippen LogP contribution in [-0.4, -0.2) is 28.2 Å². The molecular formula is C18H19Cl2N3O2S. The molecule has 1 unspecified atom stereocenters. The number of thioether (sulfide) groups is 1. The van der Waals surface area contributed by atoms with Crippen molar-refractivity contribution < 1.29 is 9.53 Å². The van der Waals surface area contributed by atoms with Gasteiger partial charge in [0.25, 0.3) is 0 Å². The molecule has 1 fully saturated rings. The van der Waals surface area contributed by atoms with E-state index < -0.39 is 4.33 Å². The summed E-state index contributed by atoms with van der Waals surface area (Å²) in [6.07, 6.45) is 2.46. The van der Waals surface area contributed by atoms with Gasteiger partial charge in [0.05, 0.1) is 12.8 Å². The van der Waals surface area contributed by atoms with Gasteiger partial charge in [-0.1, -0.05) is 18.2 Å². The highest BCUT2D eigenvalue weighted by Gasteiger charge is 2.51. The molecule has 2 N–H and O–H groups in total. The van der Waals surface area contributed by atoms with Crippen molar-refractivity contribution in [2.24, 2.45) is 5.92 Å². The number of para-hydroxylation sites is 1. The van der Waals surface area contributed by atoms with Gasteiger partial charge in [0, 0.05) is 34.9 Å². The Kier molecular flexibility index (Phi) is 6.16. The molecule has 1 aliphatic rings. The summed E-state index contributed by atoms with van der Waals surface area (Å²) in [7, 11) is 1.55. The molecule has 0 aliphatic heterocycles. The second-order valence-corrected chi connectivity index (χ2v) is 8.55. The van der Waals surface area contributed by atoms with Crippen molar-refractivity contribution in [1.82, 2.24) is 10.3 Å². The molecule has 0 saturated heterocycles. The van der Waals surface area contributed by atoms with Crippen LogP contribution < -0.4 is 15.4 Å². The Labute approximate surface area is 166 Å². The predicted molar refractivity (Wildman–Crippen MR) is 106 cm³/mol. The molecule has 1 saturated carbocycles. The maximum Gasteiger partial charge on any atom is 0.319 e. The van der Waals surface area contributed by atoms with Crippen molar-refractivity contribution in [2.45, 2.75) is 22.2 Å². The van der Waals surface area contributed by atoms with Crippen LogP contribution in [0.2, 0.25) is 0 Å². The molecule has 1 aromatic heterocycles. The van der Waals surface area contributed by atoms with E-state index in [1.165, 1.54) is 0 Å². The van der Waals surface area contributed by atoms with Crippen LogP contribution in [0.1, 0.15) is 12.0 Å². The number of pyridine rings is 1. The Bertz CT molecular complexity index is 789. The van der Waals surface area contributed by atoms with Crippen molar-refractivity contribution in [1.29, 1.82) is 0 Å². The Morgan fingerprint density at radius 1 is 1.35 bits per heavy atom. The van der Waals surface area contributed by atoms with E-state index in [4.69, 9.17) is 27.9 Å². The van der Waals surface area contributed by atoms with Gasteiger partial charge in [-0.25, -0.2) is 9.78 Å². The first-order valence-electron chi connectivity index (χ1n) is 8.12. The average Bonchev–Trinajstić information content (AvgIpc) is 3.26. The maximum absolute atomic E-state index is 12.3. The molecular weight excluding hydrogens is 393 g/mol. The van der Waals surface area contributed by atoms with Crippen molar-refractivity contribution in [2.75, 3.05) is 18.2 Å². The summed E-state index contributed by atoms with van der Waals surface area (Å²) >= 11 is 13.8. The Balaban J connectivity index is 1.55. The third-order valence-electron chi connectivity index (χ3n) is 4.01. The number of aromatic nitrogens is 1. The summed E-state index contributed by atoms with van der Waals surface area (Å²) < 4.78 is 4.60. The van der Waals surface area contributed by atoms with Gasteiger partial charge >= 0.3 is 6.03 Å². The Morgan fingerprint density at radius 2 is 2.12 bits per heavy atom. The minimum atomic E-state index is -0.588. The van der Waals surface area contributed by atoms with E-state index in [1.54, 1.807) is 31.1 Å². The third kappa shape index (κ3) is 4.96. The van der Waals surface area contributed by atoms with Gasteiger partial charge in [0.2, 0.25) is 5.88 Å². The highest BCUT2D eigenvalue weighted by atomic mass is 35.5. The number of carbonyl (C=O) groups excluding carboxylic acids is 1. The fourth-order valence-electron chi connectivity index (χ4n) is 2.42. The van der Waals surface area contributed by atoms with E-state index in [1.807, 2.05) is 30.3 Å². The number of nitrogens with one attached hydrogen (secondary N) is 2. The van der Waals surface area contributed by atoms with E-state index in [0.717, 1.165) is 28.3 Å². The lowest BCUT2D eigenvalue weighted by Gasteiger charge is -2.12. The van der Waals surface area contributed by atoms with Crippen LogP contribution in [-0.2, 0) is 6.54 Å². The minimum absolute atomic E-state index is 0.288. The average molecular weight is 412 g/mol. The molecule has 0 bridgehead atoms. The van der Waals surface area contributed by atoms with Gasteiger partial charge in [-0.15, -0.1) is 35.0 Å². The molecule has 138 valence electrons. The Hall–Kier alpha value is -1.63. The van der Waals surface area contributed by atoms with Crippen LogP contribution in [0.3, 0.4) is 0 Å².